The van der Waals surface area contributed by atoms with E-state index in [4.69, 9.17) is 11.6 Å². The van der Waals surface area contributed by atoms with Crippen molar-refractivity contribution < 1.29 is 0 Å². The molecule has 0 spiro atoms. The summed E-state index contributed by atoms with van der Waals surface area (Å²) < 4.78 is 1.47. The quantitative estimate of drug-likeness (QED) is 0.680. The number of aryl methyl sites for hydroxylation is 1. The molecule has 0 radical (unpaired) electrons. The Morgan fingerprint density at radius 1 is 1.42 bits per heavy atom. The third-order valence-corrected chi connectivity index (χ3v) is 3.72. The van der Waals surface area contributed by atoms with Crippen LogP contribution in [0.25, 0.3) is 10.2 Å². The molecule has 3 rings (SSSR count). The summed E-state index contributed by atoms with van der Waals surface area (Å²) in [6, 6.07) is 1.88. The van der Waals surface area contributed by atoms with E-state index in [0.29, 0.717) is 11.0 Å². The molecule has 0 aliphatic heterocycles. The van der Waals surface area contributed by atoms with Crippen LogP contribution in [0.2, 0.25) is 5.15 Å². The van der Waals surface area contributed by atoms with Gasteiger partial charge in [0.1, 0.15) is 9.98 Å². The van der Waals surface area contributed by atoms with E-state index in [0.717, 1.165) is 15.8 Å². The van der Waals surface area contributed by atoms with Gasteiger partial charge < -0.3 is 0 Å². The Morgan fingerprint density at radius 3 is 3.11 bits per heavy atom. The van der Waals surface area contributed by atoms with Crippen molar-refractivity contribution in [3.63, 3.8) is 0 Å². The van der Waals surface area contributed by atoms with Gasteiger partial charge in [-0.15, -0.1) is 11.3 Å². The second-order valence-corrected chi connectivity index (χ2v) is 5.36. The van der Waals surface area contributed by atoms with Gasteiger partial charge in [0.15, 0.2) is 5.82 Å². The minimum atomic E-state index is -0.323. The highest BCUT2D eigenvalue weighted by Crippen LogP contribution is 2.24. The molecular formula is C12H9ClN4OS. The van der Waals surface area contributed by atoms with Gasteiger partial charge >= 0.3 is 5.69 Å². The summed E-state index contributed by atoms with van der Waals surface area (Å²) in [5.74, 6) is 0.509. The maximum absolute atomic E-state index is 11.6. The van der Waals surface area contributed by atoms with Crippen molar-refractivity contribution in [1.82, 2.24) is 19.5 Å². The van der Waals surface area contributed by atoms with Gasteiger partial charge in [0.2, 0.25) is 0 Å². The third kappa shape index (κ3) is 2.36. The number of aromatic nitrogens is 4. The average Bonchev–Trinajstić information content (AvgIpc) is 2.82. The van der Waals surface area contributed by atoms with E-state index in [1.165, 1.54) is 22.1 Å². The van der Waals surface area contributed by atoms with Crippen molar-refractivity contribution in [1.29, 1.82) is 0 Å². The van der Waals surface area contributed by atoms with E-state index < -0.39 is 0 Å². The van der Waals surface area contributed by atoms with Gasteiger partial charge in [-0.2, -0.15) is 0 Å². The maximum Gasteiger partial charge on any atom is 0.347 e. The van der Waals surface area contributed by atoms with Crippen LogP contribution in [0.5, 0.6) is 0 Å². The Kier molecular flexibility index (Phi) is 3.04. The van der Waals surface area contributed by atoms with Crippen molar-refractivity contribution in [2.45, 2.75) is 13.5 Å². The van der Waals surface area contributed by atoms with E-state index in [2.05, 4.69) is 15.0 Å². The fraction of sp³-hybridized carbons (Fsp3) is 0.167. The molecule has 0 aromatic carbocycles. The molecule has 19 heavy (non-hydrogen) atoms. The highest BCUT2D eigenvalue weighted by Gasteiger charge is 2.08. The molecule has 0 aliphatic carbocycles. The largest absolute Gasteiger partial charge is 0.347 e. The molecule has 3 aromatic rings. The summed E-state index contributed by atoms with van der Waals surface area (Å²) >= 11 is 7.59. The molecule has 0 atom stereocenters. The normalized spacial score (nSPS) is 11.1. The Labute approximate surface area is 117 Å². The van der Waals surface area contributed by atoms with E-state index in [1.807, 2.05) is 18.4 Å². The van der Waals surface area contributed by atoms with Crippen LogP contribution in [-0.2, 0) is 6.54 Å². The molecule has 0 bridgehead atoms. The first-order valence-corrected chi connectivity index (χ1v) is 6.82. The molecule has 5 nitrogen and oxygen atoms in total. The first kappa shape index (κ1) is 12.3. The third-order valence-electron chi connectivity index (χ3n) is 2.62. The first-order valence-electron chi connectivity index (χ1n) is 5.56. The lowest BCUT2D eigenvalue weighted by Crippen LogP contribution is -2.23. The fourth-order valence-electron chi connectivity index (χ4n) is 1.76. The van der Waals surface area contributed by atoms with Gasteiger partial charge in [0, 0.05) is 17.8 Å². The van der Waals surface area contributed by atoms with Crippen LogP contribution in [-0.4, -0.2) is 19.5 Å². The molecule has 96 valence electrons. The minimum absolute atomic E-state index is 0.265. The summed E-state index contributed by atoms with van der Waals surface area (Å²) in [7, 11) is 0. The van der Waals surface area contributed by atoms with Crippen molar-refractivity contribution in [3.8, 4) is 0 Å². The zero-order valence-corrected chi connectivity index (χ0v) is 11.6. The van der Waals surface area contributed by atoms with Crippen molar-refractivity contribution in [2.24, 2.45) is 0 Å². The van der Waals surface area contributed by atoms with Crippen LogP contribution in [0, 0.1) is 6.92 Å². The van der Waals surface area contributed by atoms with Gasteiger partial charge in [0.05, 0.1) is 6.54 Å². The molecular weight excluding hydrogens is 284 g/mol. The number of halogens is 1. The lowest BCUT2D eigenvalue weighted by Gasteiger charge is -2.05. The van der Waals surface area contributed by atoms with Crippen LogP contribution >= 0.6 is 22.9 Å². The molecule has 0 amide bonds. The number of hydrogen-bond donors (Lipinski definition) is 0. The Balaban J connectivity index is 2.05. The van der Waals surface area contributed by atoms with E-state index in [1.54, 1.807) is 6.20 Å². The molecule has 3 aromatic heterocycles. The Hall–Kier alpha value is -1.79. The highest BCUT2D eigenvalue weighted by molar-refractivity contribution is 7.16. The minimum Gasteiger partial charge on any atom is -0.291 e. The van der Waals surface area contributed by atoms with Crippen LogP contribution in [0.4, 0.5) is 0 Å². The Bertz CT molecular complexity index is 811. The number of nitrogens with zero attached hydrogens (tertiary/aromatic N) is 4. The van der Waals surface area contributed by atoms with Gasteiger partial charge in [0.25, 0.3) is 0 Å². The van der Waals surface area contributed by atoms with Crippen LogP contribution < -0.4 is 5.69 Å². The summed E-state index contributed by atoms with van der Waals surface area (Å²) in [6.07, 6.45) is 3.26. The van der Waals surface area contributed by atoms with Gasteiger partial charge in [-0.25, -0.2) is 19.7 Å². The highest BCUT2D eigenvalue weighted by atomic mass is 35.5. The molecule has 0 fully saturated rings. The number of hydrogen-bond acceptors (Lipinski definition) is 5. The number of rotatable bonds is 2. The monoisotopic (exact) mass is 292 g/mol. The zero-order chi connectivity index (χ0) is 13.4. The second kappa shape index (κ2) is 4.71. The van der Waals surface area contributed by atoms with Gasteiger partial charge in [-0.3, -0.25) is 4.57 Å². The number of fused-ring (bicyclic) bond motifs is 1. The summed E-state index contributed by atoms with van der Waals surface area (Å²) in [6.45, 7) is 2.14. The summed E-state index contributed by atoms with van der Waals surface area (Å²) in [5, 5.41) is 3.16. The average molecular weight is 293 g/mol. The summed E-state index contributed by atoms with van der Waals surface area (Å²) in [5.41, 5.74) is 0.583. The Morgan fingerprint density at radius 2 is 2.26 bits per heavy atom. The molecule has 0 saturated heterocycles. The van der Waals surface area contributed by atoms with E-state index in [9.17, 15) is 4.79 Å². The van der Waals surface area contributed by atoms with Crippen LogP contribution in [0.1, 0.15) is 11.4 Å². The van der Waals surface area contributed by atoms with Gasteiger partial charge in [-0.05, 0) is 23.9 Å². The van der Waals surface area contributed by atoms with Crippen LogP contribution in [0.3, 0.4) is 0 Å². The standard InChI is InChI=1S/C12H9ClN4OS/c1-7-4-14-12(18)17(5-7)6-9-15-10(13)8-2-3-19-11(8)16-9/h2-5H,6H2,1H3. The molecule has 7 heteroatoms. The lowest BCUT2D eigenvalue weighted by molar-refractivity contribution is 0.689. The molecule has 0 saturated carbocycles. The van der Waals surface area contributed by atoms with E-state index >= 15 is 0 Å². The number of thiophene rings is 1. The van der Waals surface area contributed by atoms with Crippen molar-refractivity contribution >= 4 is 33.2 Å². The predicted octanol–water partition coefficient (Wildman–Crippen LogP) is 2.26. The molecule has 3 heterocycles. The smallest absolute Gasteiger partial charge is 0.291 e. The fourth-order valence-corrected chi connectivity index (χ4v) is 2.85. The predicted molar refractivity (Wildman–Crippen MR) is 74.8 cm³/mol. The van der Waals surface area contributed by atoms with Gasteiger partial charge in [-0.1, -0.05) is 11.6 Å². The van der Waals surface area contributed by atoms with E-state index in [-0.39, 0.29) is 12.2 Å². The molecule has 0 aliphatic rings. The van der Waals surface area contributed by atoms with Crippen LogP contribution in [0.15, 0.2) is 28.6 Å². The SMILES string of the molecule is Cc1cnc(=O)n(Cc2nc(Cl)c3ccsc3n2)c1. The molecule has 0 unspecified atom stereocenters. The van der Waals surface area contributed by atoms with Crippen molar-refractivity contribution in [2.75, 3.05) is 0 Å². The zero-order valence-electron chi connectivity index (χ0n) is 10.00. The first-order chi connectivity index (χ1) is 9.13. The lowest BCUT2D eigenvalue weighted by atomic mass is 10.4. The molecule has 0 N–H and O–H groups in total. The second-order valence-electron chi connectivity index (χ2n) is 4.11. The van der Waals surface area contributed by atoms with Crippen molar-refractivity contribution in [3.05, 3.63) is 50.9 Å². The summed E-state index contributed by atoms with van der Waals surface area (Å²) in [4.78, 5) is 24.8. The maximum atomic E-state index is 11.6. The topological polar surface area (TPSA) is 60.7 Å².